The smallest absolute Gasteiger partial charge is 0.324 e. The summed E-state index contributed by atoms with van der Waals surface area (Å²) in [6, 6.07) is 10.1. The van der Waals surface area contributed by atoms with Crippen molar-refractivity contribution >= 4 is 11.0 Å². The minimum Gasteiger partial charge on any atom is -0.324 e. The van der Waals surface area contributed by atoms with Crippen molar-refractivity contribution in [3.05, 3.63) is 53.1 Å². The van der Waals surface area contributed by atoms with E-state index in [-0.39, 0.29) is 0 Å². The van der Waals surface area contributed by atoms with E-state index in [2.05, 4.69) is 29.4 Å². The zero-order chi connectivity index (χ0) is 24.0. The molecule has 0 atom stereocenters. The third kappa shape index (κ3) is 6.38. The molecule has 0 spiro atoms. The number of fused-ring (bicyclic) bond motifs is 1. The van der Waals surface area contributed by atoms with Gasteiger partial charge in [-0.15, -0.1) is 0 Å². The summed E-state index contributed by atoms with van der Waals surface area (Å²) in [7, 11) is 0. The number of alkyl halides is 3. The van der Waals surface area contributed by atoms with E-state index >= 15 is 0 Å². The van der Waals surface area contributed by atoms with E-state index in [9.17, 15) is 13.2 Å². The molecular weight excluding hydrogens is 423 g/mol. The Morgan fingerprint density at radius 3 is 2.15 bits per heavy atom. The number of rotatable bonds is 11. The van der Waals surface area contributed by atoms with Crippen LogP contribution in [0.5, 0.6) is 0 Å². The number of hydrogen-bond donors (Lipinski definition) is 0. The largest absolute Gasteiger partial charge is 0.416 e. The lowest BCUT2D eigenvalue weighted by Gasteiger charge is -2.22. The summed E-state index contributed by atoms with van der Waals surface area (Å²) in [6.07, 6.45) is 1.27. The van der Waals surface area contributed by atoms with Gasteiger partial charge in [0.05, 0.1) is 16.6 Å². The summed E-state index contributed by atoms with van der Waals surface area (Å²) in [5, 5.41) is 0. The first-order valence-corrected chi connectivity index (χ1v) is 12.1. The zero-order valence-electron chi connectivity index (χ0n) is 20.3. The lowest BCUT2D eigenvalue weighted by atomic mass is 10.1. The number of hydrogen-bond acceptors (Lipinski definition) is 2. The normalized spacial score (nSPS) is 12.2. The Morgan fingerprint density at radius 1 is 0.879 bits per heavy atom. The standard InChI is InChI=1S/C27H36F3N3/c1-5-7-14-32(15-8-6-2)16-9-17-33-25-13-11-22(27(28,29)30)19-24(25)31-26(33)23-12-10-20(3)18-21(23)4/h10-13,18-19H,5-9,14-17H2,1-4H3. The van der Waals surface area contributed by atoms with Gasteiger partial charge in [0.15, 0.2) is 0 Å². The van der Waals surface area contributed by atoms with Crippen molar-refractivity contribution in [3.63, 3.8) is 0 Å². The van der Waals surface area contributed by atoms with Crippen molar-refractivity contribution < 1.29 is 13.2 Å². The second-order valence-corrected chi connectivity index (χ2v) is 9.01. The van der Waals surface area contributed by atoms with Crippen molar-refractivity contribution in [2.24, 2.45) is 0 Å². The summed E-state index contributed by atoms with van der Waals surface area (Å²) in [5.74, 6) is 0.746. The molecule has 0 unspecified atom stereocenters. The van der Waals surface area contributed by atoms with Crippen LogP contribution < -0.4 is 0 Å². The molecule has 0 saturated heterocycles. The molecule has 0 N–H and O–H groups in total. The molecule has 0 saturated carbocycles. The van der Waals surface area contributed by atoms with Gasteiger partial charge in [0.2, 0.25) is 0 Å². The quantitative estimate of drug-likeness (QED) is 0.294. The number of unbranched alkanes of at least 4 members (excludes halogenated alkanes) is 2. The van der Waals surface area contributed by atoms with Gasteiger partial charge in [-0.2, -0.15) is 13.2 Å². The first-order valence-electron chi connectivity index (χ1n) is 12.1. The molecule has 3 aromatic rings. The molecule has 0 fully saturated rings. The highest BCUT2D eigenvalue weighted by Crippen LogP contribution is 2.34. The molecule has 3 rings (SSSR count). The Morgan fingerprint density at radius 2 is 1.55 bits per heavy atom. The fourth-order valence-corrected chi connectivity index (χ4v) is 4.35. The molecule has 0 aliphatic rings. The van der Waals surface area contributed by atoms with Crippen LogP contribution in [0.2, 0.25) is 0 Å². The Balaban J connectivity index is 1.93. The Kier molecular flexibility index (Phi) is 8.57. The highest BCUT2D eigenvalue weighted by atomic mass is 19.4. The summed E-state index contributed by atoms with van der Waals surface area (Å²) in [6.45, 7) is 12.4. The average molecular weight is 460 g/mol. The average Bonchev–Trinajstić information content (AvgIpc) is 3.12. The van der Waals surface area contributed by atoms with E-state index in [1.54, 1.807) is 6.07 Å². The molecule has 1 heterocycles. The molecule has 2 aromatic carbocycles. The molecular formula is C27H36F3N3. The molecule has 6 heteroatoms. The molecule has 0 bridgehead atoms. The van der Waals surface area contributed by atoms with Gasteiger partial charge in [0, 0.05) is 12.1 Å². The molecule has 0 amide bonds. The van der Waals surface area contributed by atoms with Gasteiger partial charge >= 0.3 is 6.18 Å². The van der Waals surface area contributed by atoms with E-state index < -0.39 is 11.7 Å². The first kappa shape index (κ1) is 25.3. The summed E-state index contributed by atoms with van der Waals surface area (Å²) < 4.78 is 42.0. The first-order chi connectivity index (χ1) is 15.7. The van der Waals surface area contributed by atoms with E-state index in [4.69, 9.17) is 4.98 Å². The van der Waals surface area contributed by atoms with Crippen molar-refractivity contribution in [2.45, 2.75) is 72.5 Å². The third-order valence-electron chi connectivity index (χ3n) is 6.21. The fraction of sp³-hybridized carbons (Fsp3) is 0.519. The zero-order valence-corrected chi connectivity index (χ0v) is 20.3. The molecule has 0 radical (unpaired) electrons. The second kappa shape index (κ2) is 11.2. The summed E-state index contributed by atoms with van der Waals surface area (Å²) in [4.78, 5) is 7.21. The minimum absolute atomic E-state index is 0.397. The van der Waals surface area contributed by atoms with Crippen molar-refractivity contribution in [1.82, 2.24) is 14.5 Å². The Labute approximate surface area is 195 Å². The third-order valence-corrected chi connectivity index (χ3v) is 6.21. The molecule has 180 valence electrons. The van der Waals surface area contributed by atoms with Crippen molar-refractivity contribution in [1.29, 1.82) is 0 Å². The van der Waals surface area contributed by atoms with E-state index in [1.807, 2.05) is 26.0 Å². The van der Waals surface area contributed by atoms with Crippen LogP contribution in [0.15, 0.2) is 36.4 Å². The van der Waals surface area contributed by atoms with Gasteiger partial charge in [-0.3, -0.25) is 0 Å². The second-order valence-electron chi connectivity index (χ2n) is 9.01. The maximum Gasteiger partial charge on any atom is 0.416 e. The molecule has 1 aromatic heterocycles. The number of benzene rings is 2. The van der Waals surface area contributed by atoms with Gasteiger partial charge in [-0.05, 0) is 76.5 Å². The predicted molar refractivity (Wildman–Crippen MR) is 131 cm³/mol. The molecule has 3 nitrogen and oxygen atoms in total. The van der Waals surface area contributed by atoms with Gasteiger partial charge in [-0.1, -0.05) is 50.5 Å². The van der Waals surface area contributed by atoms with Crippen LogP contribution in [0, 0.1) is 13.8 Å². The van der Waals surface area contributed by atoms with Crippen LogP contribution in [0.3, 0.4) is 0 Å². The summed E-state index contributed by atoms with van der Waals surface area (Å²) >= 11 is 0. The number of nitrogens with zero attached hydrogens (tertiary/aromatic N) is 3. The van der Waals surface area contributed by atoms with Crippen molar-refractivity contribution in [2.75, 3.05) is 19.6 Å². The highest BCUT2D eigenvalue weighted by molar-refractivity contribution is 5.82. The molecule has 0 aliphatic carbocycles. The van der Waals surface area contributed by atoms with Gasteiger partial charge in [0.1, 0.15) is 5.82 Å². The number of imidazole rings is 1. The maximum atomic E-state index is 13.3. The topological polar surface area (TPSA) is 21.1 Å². The fourth-order valence-electron chi connectivity index (χ4n) is 4.35. The molecule has 0 aliphatic heterocycles. The van der Waals surface area contributed by atoms with Gasteiger partial charge in [-0.25, -0.2) is 4.98 Å². The minimum atomic E-state index is -4.38. The number of aryl methyl sites for hydroxylation is 3. The lowest BCUT2D eigenvalue weighted by Crippen LogP contribution is -2.28. The van der Waals surface area contributed by atoms with Crippen LogP contribution in [-0.4, -0.2) is 34.1 Å². The van der Waals surface area contributed by atoms with Crippen LogP contribution in [0.1, 0.15) is 62.6 Å². The van der Waals surface area contributed by atoms with E-state index in [0.29, 0.717) is 5.52 Å². The Bertz CT molecular complexity index is 1040. The predicted octanol–water partition coefficient (Wildman–Crippen LogP) is 7.63. The van der Waals surface area contributed by atoms with E-state index in [0.717, 1.165) is 60.6 Å². The maximum absolute atomic E-state index is 13.3. The van der Waals surface area contributed by atoms with Gasteiger partial charge < -0.3 is 9.47 Å². The van der Waals surface area contributed by atoms with Crippen molar-refractivity contribution in [3.8, 4) is 11.4 Å². The van der Waals surface area contributed by atoms with Crippen LogP contribution in [-0.2, 0) is 12.7 Å². The molecule has 33 heavy (non-hydrogen) atoms. The summed E-state index contributed by atoms with van der Waals surface area (Å²) in [5.41, 5.74) is 3.70. The number of aromatic nitrogens is 2. The van der Waals surface area contributed by atoms with Gasteiger partial charge in [0.25, 0.3) is 0 Å². The SMILES string of the molecule is CCCCN(CCCC)CCCn1c(-c2ccc(C)cc2C)nc2cc(C(F)(F)F)ccc21. The lowest BCUT2D eigenvalue weighted by molar-refractivity contribution is -0.137. The Hall–Kier alpha value is -2.34. The highest BCUT2D eigenvalue weighted by Gasteiger charge is 2.31. The van der Waals surface area contributed by atoms with Crippen LogP contribution in [0.4, 0.5) is 13.2 Å². The van der Waals surface area contributed by atoms with E-state index in [1.165, 1.54) is 37.8 Å². The van der Waals surface area contributed by atoms with Crippen LogP contribution in [0.25, 0.3) is 22.4 Å². The van der Waals surface area contributed by atoms with Crippen LogP contribution >= 0.6 is 0 Å². The monoisotopic (exact) mass is 459 g/mol. The number of halogens is 3.